The highest BCUT2D eigenvalue weighted by molar-refractivity contribution is 5.43. The first-order chi connectivity index (χ1) is 7.83. The molecule has 1 aliphatic heterocycles. The van der Waals surface area contributed by atoms with Crippen LogP contribution in [0.15, 0.2) is 18.2 Å². The van der Waals surface area contributed by atoms with Crippen molar-refractivity contribution in [3.63, 3.8) is 0 Å². The quantitative estimate of drug-likeness (QED) is 0.771. The molecule has 16 heavy (non-hydrogen) atoms. The summed E-state index contributed by atoms with van der Waals surface area (Å²) in [5.41, 5.74) is 1.27. The lowest BCUT2D eigenvalue weighted by Gasteiger charge is -2.09. The van der Waals surface area contributed by atoms with Crippen molar-refractivity contribution in [2.45, 2.75) is 25.4 Å². The summed E-state index contributed by atoms with van der Waals surface area (Å²) in [5.74, 6) is 1.94. The third kappa shape index (κ3) is 2.47. The fraction of sp³-hybridized carbons (Fsp3) is 0.538. The Labute approximate surface area is 96.8 Å². The second-order valence-electron chi connectivity index (χ2n) is 4.16. The van der Waals surface area contributed by atoms with E-state index in [1.807, 2.05) is 19.2 Å². The van der Waals surface area contributed by atoms with E-state index in [9.17, 15) is 0 Å². The van der Waals surface area contributed by atoms with Crippen molar-refractivity contribution in [2.75, 3.05) is 20.7 Å². The van der Waals surface area contributed by atoms with Crippen LogP contribution in [-0.4, -0.2) is 26.8 Å². The van der Waals surface area contributed by atoms with Crippen molar-refractivity contribution in [1.29, 1.82) is 0 Å². The van der Waals surface area contributed by atoms with E-state index in [0.29, 0.717) is 6.10 Å². The SMILES string of the molecule is CNCCCC1Cc2cc(OC)ccc2O1. The molecule has 0 spiro atoms. The average Bonchev–Trinajstić information content (AvgIpc) is 2.70. The van der Waals surface area contributed by atoms with Gasteiger partial charge in [-0.05, 0) is 44.6 Å². The first-order valence-corrected chi connectivity index (χ1v) is 5.81. The van der Waals surface area contributed by atoms with Gasteiger partial charge in [0, 0.05) is 12.0 Å². The summed E-state index contributed by atoms with van der Waals surface area (Å²) in [6.07, 6.45) is 3.62. The molecule has 0 aromatic heterocycles. The lowest BCUT2D eigenvalue weighted by molar-refractivity contribution is 0.218. The highest BCUT2D eigenvalue weighted by Crippen LogP contribution is 2.33. The number of methoxy groups -OCH3 is 1. The summed E-state index contributed by atoms with van der Waals surface area (Å²) in [5, 5.41) is 3.16. The van der Waals surface area contributed by atoms with Crippen molar-refractivity contribution in [3.05, 3.63) is 23.8 Å². The first kappa shape index (κ1) is 11.3. The van der Waals surface area contributed by atoms with E-state index < -0.39 is 0 Å². The standard InChI is InChI=1S/C13H19NO2/c1-14-7-3-4-12-9-10-8-11(15-2)5-6-13(10)16-12/h5-6,8,12,14H,3-4,7,9H2,1-2H3. The highest BCUT2D eigenvalue weighted by Gasteiger charge is 2.22. The van der Waals surface area contributed by atoms with E-state index in [-0.39, 0.29) is 0 Å². The molecule has 0 saturated carbocycles. The maximum absolute atomic E-state index is 5.87. The molecule has 1 aromatic rings. The minimum Gasteiger partial charge on any atom is -0.497 e. The fourth-order valence-electron chi connectivity index (χ4n) is 2.09. The third-order valence-electron chi connectivity index (χ3n) is 2.96. The topological polar surface area (TPSA) is 30.5 Å². The van der Waals surface area contributed by atoms with Gasteiger partial charge in [0.15, 0.2) is 0 Å². The molecule has 1 heterocycles. The monoisotopic (exact) mass is 221 g/mol. The zero-order chi connectivity index (χ0) is 11.4. The van der Waals surface area contributed by atoms with Crippen LogP contribution in [0.25, 0.3) is 0 Å². The van der Waals surface area contributed by atoms with Gasteiger partial charge in [0.2, 0.25) is 0 Å². The normalized spacial score (nSPS) is 18.0. The summed E-state index contributed by atoms with van der Waals surface area (Å²) in [7, 11) is 3.68. The van der Waals surface area contributed by atoms with E-state index in [2.05, 4.69) is 11.4 Å². The van der Waals surface area contributed by atoms with Gasteiger partial charge in [-0.25, -0.2) is 0 Å². The molecule has 1 aliphatic rings. The highest BCUT2D eigenvalue weighted by atomic mass is 16.5. The Balaban J connectivity index is 1.93. The van der Waals surface area contributed by atoms with Crippen molar-refractivity contribution >= 4 is 0 Å². The molecular formula is C13H19NO2. The van der Waals surface area contributed by atoms with Gasteiger partial charge in [-0.15, -0.1) is 0 Å². The molecule has 2 rings (SSSR count). The van der Waals surface area contributed by atoms with Gasteiger partial charge in [-0.2, -0.15) is 0 Å². The molecule has 3 nitrogen and oxygen atoms in total. The molecule has 1 atom stereocenters. The Morgan fingerprint density at radius 1 is 1.50 bits per heavy atom. The largest absolute Gasteiger partial charge is 0.497 e. The van der Waals surface area contributed by atoms with Crippen LogP contribution < -0.4 is 14.8 Å². The number of benzene rings is 1. The predicted molar refractivity (Wildman–Crippen MR) is 64.3 cm³/mol. The van der Waals surface area contributed by atoms with Gasteiger partial charge in [0.1, 0.15) is 17.6 Å². The average molecular weight is 221 g/mol. The number of rotatable bonds is 5. The Kier molecular flexibility index (Phi) is 3.67. The number of hydrogen-bond donors (Lipinski definition) is 1. The zero-order valence-electron chi connectivity index (χ0n) is 9.95. The predicted octanol–water partition coefficient (Wildman–Crippen LogP) is 2.00. The Morgan fingerprint density at radius 3 is 3.12 bits per heavy atom. The van der Waals surface area contributed by atoms with Crippen LogP contribution in [0.4, 0.5) is 0 Å². The number of hydrogen-bond acceptors (Lipinski definition) is 3. The molecule has 1 aromatic carbocycles. The van der Waals surface area contributed by atoms with Crippen molar-refractivity contribution < 1.29 is 9.47 Å². The molecule has 1 N–H and O–H groups in total. The van der Waals surface area contributed by atoms with Gasteiger partial charge in [-0.3, -0.25) is 0 Å². The van der Waals surface area contributed by atoms with Crippen LogP contribution in [-0.2, 0) is 6.42 Å². The lowest BCUT2D eigenvalue weighted by atomic mass is 10.1. The lowest BCUT2D eigenvalue weighted by Crippen LogP contribution is -2.16. The molecule has 0 bridgehead atoms. The molecule has 0 aliphatic carbocycles. The van der Waals surface area contributed by atoms with Gasteiger partial charge in [0.25, 0.3) is 0 Å². The van der Waals surface area contributed by atoms with E-state index in [4.69, 9.17) is 9.47 Å². The van der Waals surface area contributed by atoms with Crippen LogP contribution in [0.5, 0.6) is 11.5 Å². The minimum atomic E-state index is 0.343. The van der Waals surface area contributed by atoms with Crippen molar-refractivity contribution in [1.82, 2.24) is 5.32 Å². The van der Waals surface area contributed by atoms with E-state index in [1.165, 1.54) is 5.56 Å². The summed E-state index contributed by atoms with van der Waals surface area (Å²) >= 11 is 0. The molecule has 0 radical (unpaired) electrons. The maximum Gasteiger partial charge on any atom is 0.123 e. The Hall–Kier alpha value is -1.22. The molecular weight excluding hydrogens is 202 g/mol. The van der Waals surface area contributed by atoms with Gasteiger partial charge < -0.3 is 14.8 Å². The zero-order valence-corrected chi connectivity index (χ0v) is 9.95. The fourth-order valence-corrected chi connectivity index (χ4v) is 2.09. The molecule has 0 fully saturated rings. The number of fused-ring (bicyclic) bond motifs is 1. The van der Waals surface area contributed by atoms with Crippen LogP contribution in [0.1, 0.15) is 18.4 Å². The van der Waals surface area contributed by atoms with Crippen LogP contribution in [0.3, 0.4) is 0 Å². The van der Waals surface area contributed by atoms with Gasteiger partial charge in [0.05, 0.1) is 7.11 Å². The van der Waals surface area contributed by atoms with Crippen molar-refractivity contribution in [2.24, 2.45) is 0 Å². The number of ether oxygens (including phenoxy) is 2. The Morgan fingerprint density at radius 2 is 2.38 bits per heavy atom. The van der Waals surface area contributed by atoms with Crippen LogP contribution in [0.2, 0.25) is 0 Å². The molecule has 0 saturated heterocycles. The summed E-state index contributed by atoms with van der Waals surface area (Å²) in [6.45, 7) is 1.06. The van der Waals surface area contributed by atoms with E-state index in [1.54, 1.807) is 7.11 Å². The smallest absolute Gasteiger partial charge is 0.123 e. The van der Waals surface area contributed by atoms with Gasteiger partial charge in [-0.1, -0.05) is 0 Å². The molecule has 88 valence electrons. The van der Waals surface area contributed by atoms with E-state index >= 15 is 0 Å². The van der Waals surface area contributed by atoms with Crippen LogP contribution in [0, 0.1) is 0 Å². The second kappa shape index (κ2) is 5.21. The summed E-state index contributed by atoms with van der Waals surface area (Å²) in [6, 6.07) is 6.04. The van der Waals surface area contributed by atoms with Crippen LogP contribution >= 0.6 is 0 Å². The van der Waals surface area contributed by atoms with E-state index in [0.717, 1.165) is 37.3 Å². The summed E-state index contributed by atoms with van der Waals surface area (Å²) in [4.78, 5) is 0. The maximum atomic E-state index is 5.87. The van der Waals surface area contributed by atoms with Crippen molar-refractivity contribution in [3.8, 4) is 11.5 Å². The van der Waals surface area contributed by atoms with Gasteiger partial charge >= 0.3 is 0 Å². The molecule has 1 unspecified atom stereocenters. The third-order valence-corrected chi connectivity index (χ3v) is 2.96. The second-order valence-corrected chi connectivity index (χ2v) is 4.16. The summed E-state index contributed by atoms with van der Waals surface area (Å²) < 4.78 is 11.1. The number of nitrogens with one attached hydrogen (secondary N) is 1. The minimum absolute atomic E-state index is 0.343. The molecule has 3 heteroatoms. The first-order valence-electron chi connectivity index (χ1n) is 5.81. The molecule has 0 amide bonds. The Bertz CT molecular complexity index is 352.